The fraction of sp³-hybridized carbons (Fsp3) is 0.462. The second-order valence-corrected chi connectivity index (χ2v) is 5.21. The van der Waals surface area contributed by atoms with E-state index in [2.05, 4.69) is 0 Å². The van der Waals surface area contributed by atoms with Crippen molar-refractivity contribution in [3.8, 4) is 0 Å². The molecule has 0 aromatic heterocycles. The number of fused-ring (bicyclic) bond motifs is 2. The van der Waals surface area contributed by atoms with Crippen LogP contribution in [0.2, 0.25) is 5.02 Å². The number of halogens is 2. The Labute approximate surface area is 104 Å². The Morgan fingerprint density at radius 1 is 1.29 bits per heavy atom. The molecule has 0 N–H and O–H groups in total. The molecule has 90 valence electrons. The highest BCUT2D eigenvalue weighted by atomic mass is 35.5. The first kappa shape index (κ1) is 11.0. The van der Waals surface area contributed by atoms with E-state index in [-0.39, 0.29) is 18.0 Å². The highest BCUT2D eigenvalue weighted by Gasteiger charge is 2.48. The maximum absolute atomic E-state index is 13.6. The predicted octanol–water partition coefficient (Wildman–Crippen LogP) is 3.06. The van der Waals surface area contributed by atoms with Crippen LogP contribution in [0.25, 0.3) is 0 Å². The van der Waals surface area contributed by atoms with Gasteiger partial charge in [0, 0.05) is 23.0 Å². The van der Waals surface area contributed by atoms with Crippen LogP contribution < -0.4 is 0 Å². The lowest BCUT2D eigenvalue weighted by Gasteiger charge is -2.22. The number of nitrogens with zero attached hydrogens (tertiary/aromatic N) is 1. The van der Waals surface area contributed by atoms with Gasteiger partial charge in [0.2, 0.25) is 0 Å². The van der Waals surface area contributed by atoms with Gasteiger partial charge in [-0.15, -0.1) is 0 Å². The molecule has 1 aromatic rings. The predicted molar refractivity (Wildman–Crippen MR) is 63.9 cm³/mol. The van der Waals surface area contributed by atoms with E-state index >= 15 is 0 Å². The monoisotopic (exact) mass is 253 g/mol. The standard InChI is InChI=1S/C13H13ClFNO/c14-9-3-1-8(2-4-9)13(17)16-10-5-6-12(16)11(15)7-10/h1-4,10-12H,5-7H2. The lowest BCUT2D eigenvalue weighted by atomic mass is 9.99. The van der Waals surface area contributed by atoms with Crippen molar-refractivity contribution in [2.24, 2.45) is 0 Å². The second-order valence-electron chi connectivity index (χ2n) is 4.77. The van der Waals surface area contributed by atoms with Gasteiger partial charge in [-0.3, -0.25) is 4.79 Å². The van der Waals surface area contributed by atoms with Gasteiger partial charge in [0.15, 0.2) is 0 Å². The van der Waals surface area contributed by atoms with Crippen LogP contribution in [-0.2, 0) is 0 Å². The summed E-state index contributed by atoms with van der Waals surface area (Å²) in [6.07, 6.45) is 1.39. The largest absolute Gasteiger partial charge is 0.330 e. The van der Waals surface area contributed by atoms with Gasteiger partial charge in [-0.1, -0.05) is 11.6 Å². The number of amides is 1. The fourth-order valence-corrected chi connectivity index (χ4v) is 3.10. The first-order chi connectivity index (χ1) is 8.16. The van der Waals surface area contributed by atoms with Crippen LogP contribution >= 0.6 is 11.6 Å². The average Bonchev–Trinajstić information content (AvgIpc) is 2.85. The maximum Gasteiger partial charge on any atom is 0.254 e. The number of hydrogen-bond acceptors (Lipinski definition) is 1. The Morgan fingerprint density at radius 2 is 2.00 bits per heavy atom. The van der Waals surface area contributed by atoms with Crippen LogP contribution in [0.3, 0.4) is 0 Å². The molecule has 3 atom stereocenters. The van der Waals surface area contributed by atoms with Crippen LogP contribution in [0.4, 0.5) is 4.39 Å². The van der Waals surface area contributed by atoms with Gasteiger partial charge in [0.25, 0.3) is 5.91 Å². The van der Waals surface area contributed by atoms with Crippen molar-refractivity contribution < 1.29 is 9.18 Å². The van der Waals surface area contributed by atoms with Crippen LogP contribution in [0.15, 0.2) is 24.3 Å². The van der Waals surface area contributed by atoms with Gasteiger partial charge in [0.1, 0.15) is 6.17 Å². The molecule has 0 aliphatic carbocycles. The van der Waals surface area contributed by atoms with Gasteiger partial charge >= 0.3 is 0 Å². The summed E-state index contributed by atoms with van der Waals surface area (Å²) in [5.41, 5.74) is 0.598. The minimum absolute atomic E-state index is 0.0608. The highest BCUT2D eigenvalue weighted by molar-refractivity contribution is 6.30. The second kappa shape index (κ2) is 3.98. The van der Waals surface area contributed by atoms with E-state index in [1.54, 1.807) is 29.2 Å². The summed E-state index contributed by atoms with van der Waals surface area (Å²) in [5.74, 6) is -0.0608. The summed E-state index contributed by atoms with van der Waals surface area (Å²) in [6, 6.07) is 6.69. The SMILES string of the molecule is O=C(c1ccc(Cl)cc1)N1C2CCC1C(F)C2. The third-order valence-corrected chi connectivity index (χ3v) is 4.04. The third-order valence-electron chi connectivity index (χ3n) is 3.79. The van der Waals surface area contributed by atoms with Crippen LogP contribution in [0.1, 0.15) is 29.6 Å². The number of carbonyl (C=O) groups is 1. The molecule has 2 nitrogen and oxygen atoms in total. The quantitative estimate of drug-likeness (QED) is 0.753. The molecule has 2 saturated heterocycles. The molecule has 0 radical (unpaired) electrons. The molecule has 2 fully saturated rings. The van der Waals surface area contributed by atoms with E-state index < -0.39 is 6.17 Å². The Bertz CT molecular complexity index is 447. The molecule has 2 aliphatic rings. The molecule has 3 rings (SSSR count). The van der Waals surface area contributed by atoms with E-state index in [0.717, 1.165) is 12.8 Å². The summed E-state index contributed by atoms with van der Waals surface area (Å²) >= 11 is 5.78. The zero-order chi connectivity index (χ0) is 12.0. The normalized spacial score (nSPS) is 30.9. The number of rotatable bonds is 1. The molecule has 17 heavy (non-hydrogen) atoms. The van der Waals surface area contributed by atoms with Gasteiger partial charge in [-0.25, -0.2) is 4.39 Å². The van der Waals surface area contributed by atoms with E-state index in [0.29, 0.717) is 17.0 Å². The topological polar surface area (TPSA) is 20.3 Å². The van der Waals surface area contributed by atoms with Crippen LogP contribution in [-0.4, -0.2) is 29.1 Å². The number of alkyl halides is 1. The van der Waals surface area contributed by atoms with Crippen molar-refractivity contribution in [3.05, 3.63) is 34.9 Å². The van der Waals surface area contributed by atoms with Crippen molar-refractivity contribution in [2.75, 3.05) is 0 Å². The number of benzene rings is 1. The molecule has 2 bridgehead atoms. The molecule has 2 aliphatic heterocycles. The van der Waals surface area contributed by atoms with E-state index in [1.165, 1.54) is 0 Å². The highest BCUT2D eigenvalue weighted by Crippen LogP contribution is 2.40. The molecular weight excluding hydrogens is 241 g/mol. The molecule has 0 saturated carbocycles. The summed E-state index contributed by atoms with van der Waals surface area (Å²) in [6.45, 7) is 0. The molecular formula is C13H13ClFNO. The molecule has 0 spiro atoms. The van der Waals surface area contributed by atoms with Crippen molar-refractivity contribution >= 4 is 17.5 Å². The summed E-state index contributed by atoms with van der Waals surface area (Å²) in [4.78, 5) is 14.0. The molecule has 4 heteroatoms. The first-order valence-corrected chi connectivity index (χ1v) is 6.27. The Balaban J connectivity index is 1.86. The minimum atomic E-state index is -0.843. The van der Waals surface area contributed by atoms with E-state index in [1.807, 2.05) is 0 Å². The summed E-state index contributed by atoms with van der Waals surface area (Å²) < 4.78 is 13.6. The lowest BCUT2D eigenvalue weighted by Crippen LogP contribution is -2.36. The fourth-order valence-electron chi connectivity index (χ4n) is 2.97. The van der Waals surface area contributed by atoms with Crippen molar-refractivity contribution in [1.29, 1.82) is 0 Å². The Kier molecular flexibility index (Phi) is 2.58. The van der Waals surface area contributed by atoms with Crippen molar-refractivity contribution in [1.82, 2.24) is 4.90 Å². The van der Waals surface area contributed by atoms with Crippen LogP contribution in [0, 0.1) is 0 Å². The van der Waals surface area contributed by atoms with Crippen LogP contribution in [0.5, 0.6) is 0 Å². The summed E-state index contributed by atoms with van der Waals surface area (Å²) in [5, 5.41) is 0.606. The van der Waals surface area contributed by atoms with Gasteiger partial charge in [-0.2, -0.15) is 0 Å². The number of carbonyl (C=O) groups excluding carboxylic acids is 1. The van der Waals surface area contributed by atoms with Gasteiger partial charge < -0.3 is 4.90 Å². The number of hydrogen-bond donors (Lipinski definition) is 0. The zero-order valence-electron chi connectivity index (χ0n) is 9.27. The average molecular weight is 254 g/mol. The van der Waals surface area contributed by atoms with Crippen molar-refractivity contribution in [2.45, 2.75) is 37.5 Å². The summed E-state index contributed by atoms with van der Waals surface area (Å²) in [7, 11) is 0. The maximum atomic E-state index is 13.6. The van der Waals surface area contributed by atoms with Gasteiger partial charge in [-0.05, 0) is 37.1 Å². The van der Waals surface area contributed by atoms with Crippen molar-refractivity contribution in [3.63, 3.8) is 0 Å². The minimum Gasteiger partial charge on any atom is -0.330 e. The third kappa shape index (κ3) is 1.73. The van der Waals surface area contributed by atoms with Gasteiger partial charge in [0.05, 0.1) is 6.04 Å². The zero-order valence-corrected chi connectivity index (χ0v) is 10.0. The smallest absolute Gasteiger partial charge is 0.254 e. The van der Waals surface area contributed by atoms with E-state index in [9.17, 15) is 9.18 Å². The molecule has 1 aromatic carbocycles. The lowest BCUT2D eigenvalue weighted by molar-refractivity contribution is 0.0710. The molecule has 2 heterocycles. The Morgan fingerprint density at radius 3 is 2.53 bits per heavy atom. The Hall–Kier alpha value is -1.09. The molecule has 3 unspecified atom stereocenters. The molecule has 1 amide bonds. The van der Waals surface area contributed by atoms with E-state index in [4.69, 9.17) is 11.6 Å². The first-order valence-electron chi connectivity index (χ1n) is 5.89.